The summed E-state index contributed by atoms with van der Waals surface area (Å²) in [5.41, 5.74) is 31.2. The van der Waals surface area contributed by atoms with Crippen LogP contribution in [-0.2, 0) is 10.8 Å². The van der Waals surface area contributed by atoms with Crippen LogP contribution < -0.4 is 9.80 Å². The molecule has 0 unspecified atom stereocenters. The molecule has 0 aliphatic heterocycles. The molecule has 0 saturated carbocycles. The highest BCUT2D eigenvalue weighted by molar-refractivity contribution is 5.94. The van der Waals surface area contributed by atoms with Crippen molar-refractivity contribution >= 4 is 34.1 Å². The fourth-order valence-corrected chi connectivity index (χ4v) is 13.9. The predicted molar refractivity (Wildman–Crippen MR) is 364 cm³/mol. The first-order valence-electron chi connectivity index (χ1n) is 30.1. The molecule has 0 fully saturated rings. The van der Waals surface area contributed by atoms with Crippen LogP contribution in [0.2, 0.25) is 0 Å². The van der Waals surface area contributed by atoms with Crippen molar-refractivity contribution in [3.63, 3.8) is 0 Å². The summed E-state index contributed by atoms with van der Waals surface area (Å²) in [5, 5.41) is 0. The van der Waals surface area contributed by atoms with E-state index in [0.717, 1.165) is 28.4 Å². The zero-order chi connectivity index (χ0) is 57.9. The van der Waals surface area contributed by atoms with Gasteiger partial charge in [-0.25, -0.2) is 0 Å². The van der Waals surface area contributed by atoms with Crippen molar-refractivity contribution in [3.05, 3.63) is 338 Å². The lowest BCUT2D eigenvalue weighted by Gasteiger charge is -2.32. The number of hydrogen-bond acceptors (Lipinski definition) is 2. The maximum absolute atomic E-state index is 2.47. The van der Waals surface area contributed by atoms with Gasteiger partial charge in [-0.05, 0) is 190 Å². The van der Waals surface area contributed by atoms with Crippen molar-refractivity contribution in [2.45, 2.75) is 38.5 Å². The SMILES string of the molecule is CC1(C)c2ccccc2-c2cc(N(c3ccc(-c4ccccc4)cc3)c3ccc(-c4ccccc4-c4cccc(-c5ccc6c(c5)-c5cccc(N(c7ccc(-c8ccccc8)cc7)c7cccc(-c8ccccc8)c7)c5C6(C)C)c4)cc3)ccc21. The van der Waals surface area contributed by atoms with Crippen LogP contribution in [0.3, 0.4) is 0 Å². The van der Waals surface area contributed by atoms with Crippen molar-refractivity contribution in [2.24, 2.45) is 0 Å². The molecule has 0 saturated heterocycles. The molecule has 0 heterocycles. The first-order valence-corrected chi connectivity index (χ1v) is 30.1. The predicted octanol–water partition coefficient (Wildman–Crippen LogP) is 23.2. The van der Waals surface area contributed by atoms with E-state index in [9.17, 15) is 0 Å². The van der Waals surface area contributed by atoms with Gasteiger partial charge >= 0.3 is 0 Å². The van der Waals surface area contributed by atoms with E-state index in [1.807, 2.05) is 0 Å². The molecule has 0 bridgehead atoms. The Morgan fingerprint density at radius 1 is 0.198 bits per heavy atom. The molecule has 13 aromatic rings. The molecule has 2 heteroatoms. The van der Waals surface area contributed by atoms with Gasteiger partial charge in [0.2, 0.25) is 0 Å². The summed E-state index contributed by atoms with van der Waals surface area (Å²) in [7, 11) is 0. The van der Waals surface area contributed by atoms with Crippen molar-refractivity contribution in [2.75, 3.05) is 9.80 Å². The molecule has 0 spiro atoms. The number of benzene rings is 13. The Bertz CT molecular complexity index is 4650. The van der Waals surface area contributed by atoms with Gasteiger partial charge in [0.15, 0.2) is 0 Å². The third-order valence-corrected chi connectivity index (χ3v) is 18.3. The monoisotopic (exact) mass is 1100 g/mol. The Hall–Kier alpha value is -10.5. The molecule has 0 atom stereocenters. The Kier molecular flexibility index (Phi) is 12.9. The first kappa shape index (κ1) is 52.3. The number of fused-ring (bicyclic) bond motifs is 6. The molecular weight excluding hydrogens is 1040 g/mol. The lowest BCUT2D eigenvalue weighted by Crippen LogP contribution is -2.20. The Labute approximate surface area is 506 Å². The summed E-state index contributed by atoms with van der Waals surface area (Å²) in [4.78, 5) is 4.88. The topological polar surface area (TPSA) is 6.48 Å². The van der Waals surface area contributed by atoms with Gasteiger partial charge in [0.1, 0.15) is 0 Å². The molecule has 15 rings (SSSR count). The number of hydrogen-bond donors (Lipinski definition) is 0. The van der Waals surface area contributed by atoms with Crippen LogP contribution in [0.1, 0.15) is 49.9 Å². The Morgan fingerprint density at radius 3 is 1.20 bits per heavy atom. The lowest BCUT2D eigenvalue weighted by molar-refractivity contribution is 0.660. The second-order valence-electron chi connectivity index (χ2n) is 24.1. The van der Waals surface area contributed by atoms with E-state index < -0.39 is 0 Å². The quantitative estimate of drug-likeness (QED) is 0.120. The van der Waals surface area contributed by atoms with Gasteiger partial charge < -0.3 is 9.80 Å². The largest absolute Gasteiger partial charge is 0.310 e. The summed E-state index contributed by atoms with van der Waals surface area (Å²) in [6, 6.07) is 116. The van der Waals surface area contributed by atoms with E-state index in [1.165, 1.54) is 117 Å². The van der Waals surface area contributed by atoms with E-state index in [1.54, 1.807) is 0 Å². The smallest absolute Gasteiger partial charge is 0.0508 e. The Morgan fingerprint density at radius 2 is 0.570 bits per heavy atom. The summed E-state index contributed by atoms with van der Waals surface area (Å²) in [6.07, 6.45) is 0. The number of rotatable bonds is 12. The normalized spacial score (nSPS) is 13.1. The summed E-state index contributed by atoms with van der Waals surface area (Å²) in [5.74, 6) is 0. The zero-order valence-electron chi connectivity index (χ0n) is 48.9. The highest BCUT2D eigenvalue weighted by Gasteiger charge is 2.40. The molecule has 86 heavy (non-hydrogen) atoms. The van der Waals surface area contributed by atoms with Crippen LogP contribution in [-0.4, -0.2) is 0 Å². The average molecular weight is 1100 g/mol. The third kappa shape index (κ3) is 9.14. The highest BCUT2D eigenvalue weighted by atomic mass is 15.2. The summed E-state index contributed by atoms with van der Waals surface area (Å²) in [6.45, 7) is 9.49. The second-order valence-corrected chi connectivity index (χ2v) is 24.1. The maximum atomic E-state index is 2.47. The number of nitrogens with zero attached hydrogens (tertiary/aromatic N) is 2. The van der Waals surface area contributed by atoms with Crippen molar-refractivity contribution in [3.8, 4) is 89.0 Å². The average Bonchev–Trinajstić information content (AvgIpc) is 2.51. The molecule has 13 aromatic carbocycles. The standard InChI is InChI=1S/C84H64N2/c1-83(2)78-35-17-16-33-74(78)77-56-71(50-52-79(77)83)85(67-44-37-60(38-45-67)57-21-8-5-9-22-57)68-48-41-62(42-49-68)72-31-14-15-32-73(72)66-29-18-27-63(53-66)65-43-51-80-76(55-65)75-34-20-36-81(82(75)84(80,3)4)86(69-46-39-61(40-47-69)58-23-10-6-11-24-58)70-30-19-28-64(54-70)59-25-12-7-13-26-59/h5-56H,1-4H3. The third-order valence-electron chi connectivity index (χ3n) is 18.3. The molecule has 0 radical (unpaired) electrons. The molecule has 0 N–H and O–H groups in total. The van der Waals surface area contributed by atoms with Gasteiger partial charge in [-0.15, -0.1) is 0 Å². The fourth-order valence-electron chi connectivity index (χ4n) is 13.9. The molecule has 410 valence electrons. The van der Waals surface area contributed by atoms with Gasteiger partial charge in [-0.2, -0.15) is 0 Å². The van der Waals surface area contributed by atoms with E-state index in [0.29, 0.717) is 0 Å². The molecule has 2 aliphatic carbocycles. The van der Waals surface area contributed by atoms with E-state index in [-0.39, 0.29) is 10.8 Å². The van der Waals surface area contributed by atoms with E-state index in [2.05, 4.69) is 353 Å². The molecule has 2 aliphatic rings. The van der Waals surface area contributed by atoms with Gasteiger partial charge in [-0.3, -0.25) is 0 Å². The maximum Gasteiger partial charge on any atom is 0.0508 e. The van der Waals surface area contributed by atoms with Crippen LogP contribution in [0.15, 0.2) is 315 Å². The van der Waals surface area contributed by atoms with Gasteiger partial charge in [0.25, 0.3) is 0 Å². The van der Waals surface area contributed by atoms with E-state index in [4.69, 9.17) is 0 Å². The minimum atomic E-state index is -0.288. The minimum absolute atomic E-state index is 0.0740. The van der Waals surface area contributed by atoms with Crippen molar-refractivity contribution in [1.82, 2.24) is 0 Å². The van der Waals surface area contributed by atoms with Crippen LogP contribution in [0.25, 0.3) is 89.0 Å². The van der Waals surface area contributed by atoms with E-state index >= 15 is 0 Å². The zero-order valence-corrected chi connectivity index (χ0v) is 48.9. The number of anilines is 6. The van der Waals surface area contributed by atoms with Crippen LogP contribution >= 0.6 is 0 Å². The van der Waals surface area contributed by atoms with Crippen LogP contribution in [0, 0.1) is 0 Å². The first-order chi connectivity index (χ1) is 42.2. The molecular formula is C84H64N2. The molecule has 2 nitrogen and oxygen atoms in total. The van der Waals surface area contributed by atoms with Gasteiger partial charge in [0, 0.05) is 39.3 Å². The second kappa shape index (κ2) is 21.3. The summed E-state index contributed by atoms with van der Waals surface area (Å²) < 4.78 is 0. The highest BCUT2D eigenvalue weighted by Crippen LogP contribution is 2.56. The van der Waals surface area contributed by atoms with Gasteiger partial charge in [-0.1, -0.05) is 264 Å². The summed E-state index contributed by atoms with van der Waals surface area (Å²) >= 11 is 0. The fraction of sp³-hybridized carbons (Fsp3) is 0.0714. The van der Waals surface area contributed by atoms with Crippen molar-refractivity contribution in [1.29, 1.82) is 0 Å². The molecule has 0 aromatic heterocycles. The van der Waals surface area contributed by atoms with Crippen LogP contribution in [0.4, 0.5) is 34.1 Å². The molecule has 0 amide bonds. The van der Waals surface area contributed by atoms with Crippen molar-refractivity contribution < 1.29 is 0 Å². The Balaban J connectivity index is 0.773. The minimum Gasteiger partial charge on any atom is -0.310 e. The van der Waals surface area contributed by atoms with Gasteiger partial charge in [0.05, 0.1) is 5.69 Å². The lowest BCUT2D eigenvalue weighted by atomic mass is 9.81. The van der Waals surface area contributed by atoms with Crippen LogP contribution in [0.5, 0.6) is 0 Å².